The topological polar surface area (TPSA) is 129 Å². The first-order valence-corrected chi connectivity index (χ1v) is 6.77. The van der Waals surface area contributed by atoms with Crippen LogP contribution in [0.1, 0.15) is 29.1 Å². The summed E-state index contributed by atoms with van der Waals surface area (Å²) in [5, 5.41) is 18.3. The second-order valence-electron chi connectivity index (χ2n) is 4.79. The zero-order valence-electron chi connectivity index (χ0n) is 12.6. The Morgan fingerprint density at radius 2 is 1.47 bits per heavy atom. The largest absolute Gasteiger partial charge is 1.00 e. The molecule has 0 saturated heterocycles. The molecule has 0 aliphatic heterocycles. The molecular formula is C10H19NaO7S. The SMILES string of the molecule is CC(C)C(C(=O)O)C(C(=O)O)(C(C)C)S(=O)(=O)O.[H-].[Na+]. The summed E-state index contributed by atoms with van der Waals surface area (Å²) in [4.78, 5) is 22.6. The van der Waals surface area contributed by atoms with Gasteiger partial charge in [0.25, 0.3) is 10.1 Å². The predicted molar refractivity (Wildman–Crippen MR) is 63.8 cm³/mol. The molecule has 0 rings (SSSR count). The molecule has 3 N–H and O–H groups in total. The molecule has 108 valence electrons. The van der Waals surface area contributed by atoms with Crippen molar-refractivity contribution in [2.45, 2.75) is 32.4 Å². The van der Waals surface area contributed by atoms with Crippen LogP contribution < -0.4 is 29.6 Å². The van der Waals surface area contributed by atoms with Crippen LogP contribution >= 0.6 is 0 Å². The van der Waals surface area contributed by atoms with Crippen molar-refractivity contribution in [3.63, 3.8) is 0 Å². The molecule has 0 saturated carbocycles. The third-order valence-corrected chi connectivity index (χ3v) is 4.77. The molecule has 0 aromatic heterocycles. The minimum Gasteiger partial charge on any atom is -1.00 e. The number of hydrogen-bond acceptors (Lipinski definition) is 4. The number of aliphatic carboxylic acids is 2. The average molecular weight is 306 g/mol. The fraction of sp³-hybridized carbons (Fsp3) is 0.800. The van der Waals surface area contributed by atoms with Crippen LogP contribution in [0.15, 0.2) is 0 Å². The van der Waals surface area contributed by atoms with Gasteiger partial charge in [-0.1, -0.05) is 27.7 Å². The van der Waals surface area contributed by atoms with Crippen molar-refractivity contribution in [3.05, 3.63) is 0 Å². The second-order valence-corrected chi connectivity index (χ2v) is 6.41. The van der Waals surface area contributed by atoms with Crippen molar-refractivity contribution >= 4 is 22.1 Å². The van der Waals surface area contributed by atoms with Crippen LogP contribution in [0.5, 0.6) is 0 Å². The van der Waals surface area contributed by atoms with Gasteiger partial charge in [0, 0.05) is 0 Å². The first-order chi connectivity index (χ1) is 7.90. The molecule has 9 heteroatoms. The van der Waals surface area contributed by atoms with E-state index in [4.69, 9.17) is 5.11 Å². The third-order valence-electron chi connectivity index (χ3n) is 3.01. The molecular weight excluding hydrogens is 287 g/mol. The Kier molecular flexibility index (Phi) is 7.83. The summed E-state index contributed by atoms with van der Waals surface area (Å²) >= 11 is 0. The standard InChI is InChI=1S/C10H18O7S.Na.H/c1-5(2)7(8(11)12)10(6(3)4,9(13)14)18(15,16)17;;/h5-7H,1-4H3,(H,11,12)(H,13,14)(H,15,16,17);;/q;+1;-1. The van der Waals surface area contributed by atoms with E-state index in [2.05, 4.69) is 0 Å². The predicted octanol–water partition coefficient (Wildman–Crippen LogP) is -2.17. The van der Waals surface area contributed by atoms with E-state index >= 15 is 0 Å². The molecule has 0 aliphatic rings. The fourth-order valence-electron chi connectivity index (χ4n) is 2.27. The van der Waals surface area contributed by atoms with E-state index < -0.39 is 44.6 Å². The second kappa shape index (κ2) is 7.03. The van der Waals surface area contributed by atoms with Crippen LogP contribution in [-0.2, 0) is 19.7 Å². The summed E-state index contributed by atoms with van der Waals surface area (Å²) < 4.78 is 29.5. The van der Waals surface area contributed by atoms with E-state index in [1.807, 2.05) is 0 Å². The molecule has 0 spiro atoms. The van der Waals surface area contributed by atoms with Gasteiger partial charge < -0.3 is 11.6 Å². The van der Waals surface area contributed by atoms with Gasteiger partial charge in [-0.3, -0.25) is 14.1 Å². The molecule has 0 aromatic carbocycles. The van der Waals surface area contributed by atoms with E-state index in [0.29, 0.717) is 0 Å². The van der Waals surface area contributed by atoms with Crippen molar-refractivity contribution in [1.29, 1.82) is 0 Å². The number of hydrogen-bond donors (Lipinski definition) is 3. The van der Waals surface area contributed by atoms with Crippen molar-refractivity contribution < 1.29 is 63.8 Å². The Bertz CT molecular complexity index is 449. The Labute approximate surface area is 135 Å². The van der Waals surface area contributed by atoms with Gasteiger partial charge in [0.1, 0.15) is 0 Å². The van der Waals surface area contributed by atoms with Crippen LogP contribution in [0.25, 0.3) is 0 Å². The van der Waals surface area contributed by atoms with Gasteiger partial charge in [-0.2, -0.15) is 8.42 Å². The summed E-state index contributed by atoms with van der Waals surface area (Å²) in [5.41, 5.74) is 0. The normalized spacial score (nSPS) is 16.6. The van der Waals surface area contributed by atoms with Gasteiger partial charge in [-0.25, -0.2) is 0 Å². The third kappa shape index (κ3) is 3.69. The first-order valence-electron chi connectivity index (χ1n) is 5.33. The summed E-state index contributed by atoms with van der Waals surface area (Å²) in [6, 6.07) is 0. The van der Waals surface area contributed by atoms with E-state index in [-0.39, 0.29) is 31.0 Å². The van der Waals surface area contributed by atoms with Gasteiger partial charge in [0.05, 0.1) is 5.92 Å². The van der Waals surface area contributed by atoms with Crippen molar-refractivity contribution in [1.82, 2.24) is 0 Å². The number of rotatable bonds is 6. The van der Waals surface area contributed by atoms with Crippen LogP contribution in [-0.4, -0.2) is 39.9 Å². The zero-order chi connectivity index (χ0) is 14.9. The van der Waals surface area contributed by atoms with Crippen molar-refractivity contribution in [2.24, 2.45) is 17.8 Å². The average Bonchev–Trinajstić information content (AvgIpc) is 2.08. The van der Waals surface area contributed by atoms with Gasteiger partial charge >= 0.3 is 41.5 Å². The maximum Gasteiger partial charge on any atom is 1.00 e. The molecule has 2 unspecified atom stereocenters. The Morgan fingerprint density at radius 3 is 1.53 bits per heavy atom. The van der Waals surface area contributed by atoms with Gasteiger partial charge in [-0.05, 0) is 11.8 Å². The van der Waals surface area contributed by atoms with Crippen LogP contribution in [0.2, 0.25) is 0 Å². The molecule has 7 nitrogen and oxygen atoms in total. The fourth-order valence-corrected chi connectivity index (χ4v) is 3.78. The Hall–Kier alpha value is -0.150. The van der Waals surface area contributed by atoms with Crippen LogP contribution in [0.4, 0.5) is 0 Å². The number of carboxylic acids is 2. The van der Waals surface area contributed by atoms with E-state index in [9.17, 15) is 27.7 Å². The molecule has 0 fully saturated rings. The Morgan fingerprint density at radius 1 is 1.11 bits per heavy atom. The molecule has 0 aromatic rings. The maximum absolute atomic E-state index is 11.5. The molecule has 2 atom stereocenters. The van der Waals surface area contributed by atoms with Crippen molar-refractivity contribution in [2.75, 3.05) is 0 Å². The quantitative estimate of drug-likeness (QED) is 0.376. The molecule has 0 heterocycles. The van der Waals surface area contributed by atoms with Crippen molar-refractivity contribution in [3.8, 4) is 0 Å². The smallest absolute Gasteiger partial charge is 1.00 e. The zero-order valence-corrected chi connectivity index (χ0v) is 14.4. The van der Waals surface area contributed by atoms with E-state index in [1.165, 1.54) is 27.7 Å². The monoisotopic (exact) mass is 306 g/mol. The van der Waals surface area contributed by atoms with E-state index in [0.717, 1.165) is 0 Å². The number of carboxylic acid groups (broad SMARTS) is 2. The Balaban J connectivity index is -0.00000144. The summed E-state index contributed by atoms with van der Waals surface area (Å²) in [6.45, 7) is 5.29. The first kappa shape index (κ1) is 21.2. The summed E-state index contributed by atoms with van der Waals surface area (Å²) in [5.74, 6) is -7.05. The van der Waals surface area contributed by atoms with Crippen LogP contribution in [0.3, 0.4) is 0 Å². The van der Waals surface area contributed by atoms with Crippen LogP contribution in [0, 0.1) is 17.8 Å². The summed E-state index contributed by atoms with van der Waals surface area (Å²) in [6.07, 6.45) is 0. The molecule has 0 amide bonds. The van der Waals surface area contributed by atoms with Gasteiger partial charge in [0.2, 0.25) is 4.75 Å². The minimum atomic E-state index is -5.09. The molecule has 0 bridgehead atoms. The van der Waals surface area contributed by atoms with E-state index in [1.54, 1.807) is 0 Å². The number of carbonyl (C=O) groups is 2. The summed E-state index contributed by atoms with van der Waals surface area (Å²) in [7, 11) is -5.09. The van der Waals surface area contributed by atoms with Gasteiger partial charge in [-0.15, -0.1) is 0 Å². The molecule has 19 heavy (non-hydrogen) atoms. The minimum absolute atomic E-state index is 0. The molecule has 0 aliphatic carbocycles. The molecule has 0 radical (unpaired) electrons. The maximum atomic E-state index is 11.5. The van der Waals surface area contributed by atoms with Gasteiger partial charge in [0.15, 0.2) is 0 Å².